The van der Waals surface area contributed by atoms with Gasteiger partial charge >= 0.3 is 39.5 Å². The summed E-state index contributed by atoms with van der Waals surface area (Å²) in [7, 11) is -9.92. The minimum atomic E-state index is -4.96. The summed E-state index contributed by atoms with van der Waals surface area (Å²) in [5.74, 6) is -0.728. The number of carbonyl (C=O) groups is 4. The van der Waals surface area contributed by atoms with Crippen molar-refractivity contribution in [1.29, 1.82) is 0 Å². The van der Waals surface area contributed by atoms with Gasteiger partial charge in [-0.3, -0.25) is 37.3 Å². The smallest absolute Gasteiger partial charge is 0.462 e. The standard InChI is InChI=1S/C76H144O17P2/c1-7-10-12-14-16-18-20-22-24-25-26-27-28-30-32-34-36-40-48-54-60-75(80)92-71(64-86-73(78)58-52-46-39-35-33-31-29-23-21-19-17-15-13-11-8-2)66-90-94(82,83)88-62-70(77)63-89-95(84,85)91-67-72(93-76(81)61-55-49-41-37-38-44-50-56-68(4)5)65-87-74(79)59-53-47-43-42-45-51-57-69(6)9-3/h19,21,23,29,68-72,77H,7-18,20,22,24-28,30-67H2,1-6H3,(H,82,83)(H,84,85)/b21-19-,29-23-/t69?,70-,71-,72-/m1/s1. The van der Waals surface area contributed by atoms with Crippen LogP contribution in [0.15, 0.2) is 24.3 Å². The minimum absolute atomic E-state index is 0.100. The van der Waals surface area contributed by atoms with Crippen molar-refractivity contribution in [1.82, 2.24) is 0 Å². The molecule has 95 heavy (non-hydrogen) atoms. The Labute approximate surface area is 580 Å². The highest BCUT2D eigenvalue weighted by atomic mass is 31.2. The van der Waals surface area contributed by atoms with Crippen molar-refractivity contribution in [2.24, 2.45) is 11.8 Å². The molecule has 0 heterocycles. The van der Waals surface area contributed by atoms with E-state index in [0.717, 1.165) is 121 Å². The number of phosphoric acid groups is 2. The van der Waals surface area contributed by atoms with Crippen LogP contribution >= 0.6 is 15.6 Å². The lowest BCUT2D eigenvalue weighted by Crippen LogP contribution is -2.30. The van der Waals surface area contributed by atoms with E-state index in [2.05, 4.69) is 65.8 Å². The number of unbranched alkanes of at least 4 members (excludes halogenated alkanes) is 39. The minimum Gasteiger partial charge on any atom is -0.462 e. The molecule has 0 aromatic heterocycles. The summed E-state index contributed by atoms with van der Waals surface area (Å²) in [6.45, 7) is 9.41. The Kier molecular flexibility index (Phi) is 65.6. The quantitative estimate of drug-likeness (QED) is 0.0169. The van der Waals surface area contributed by atoms with Gasteiger partial charge in [0, 0.05) is 25.7 Å². The largest absolute Gasteiger partial charge is 0.472 e. The molecule has 0 radical (unpaired) electrons. The summed E-state index contributed by atoms with van der Waals surface area (Å²) in [6, 6.07) is 0. The van der Waals surface area contributed by atoms with Crippen LogP contribution in [-0.4, -0.2) is 96.7 Å². The molecule has 0 bridgehead atoms. The molecule has 0 aliphatic carbocycles. The second-order valence-electron chi connectivity index (χ2n) is 27.4. The molecule has 0 aromatic rings. The van der Waals surface area contributed by atoms with Crippen molar-refractivity contribution in [2.45, 2.75) is 387 Å². The molecule has 0 saturated heterocycles. The first-order valence-corrected chi connectivity index (χ1v) is 41.8. The fourth-order valence-corrected chi connectivity index (χ4v) is 12.7. The van der Waals surface area contributed by atoms with E-state index in [4.69, 9.17) is 37.0 Å². The van der Waals surface area contributed by atoms with Gasteiger partial charge in [0.1, 0.15) is 19.3 Å². The number of aliphatic hydroxyl groups excluding tert-OH is 1. The summed E-state index contributed by atoms with van der Waals surface area (Å²) < 4.78 is 68.4. The average Bonchev–Trinajstić information content (AvgIpc) is 2.12. The van der Waals surface area contributed by atoms with E-state index in [1.807, 2.05) is 0 Å². The first kappa shape index (κ1) is 92.5. The van der Waals surface area contributed by atoms with Crippen LogP contribution in [0.25, 0.3) is 0 Å². The molecular weight excluding hydrogens is 1250 g/mol. The third-order valence-corrected chi connectivity index (χ3v) is 19.3. The van der Waals surface area contributed by atoms with Crippen LogP contribution in [0.5, 0.6) is 0 Å². The molecule has 19 heteroatoms. The van der Waals surface area contributed by atoms with Crippen LogP contribution in [0, 0.1) is 11.8 Å². The maximum Gasteiger partial charge on any atom is 0.472 e. The van der Waals surface area contributed by atoms with Crippen molar-refractivity contribution in [3.8, 4) is 0 Å². The highest BCUT2D eigenvalue weighted by Crippen LogP contribution is 2.45. The maximum atomic E-state index is 13.1. The third-order valence-electron chi connectivity index (χ3n) is 17.4. The molecule has 0 aliphatic rings. The Morgan fingerprint density at radius 1 is 0.347 bits per heavy atom. The summed E-state index contributed by atoms with van der Waals surface area (Å²) in [5.41, 5.74) is 0. The van der Waals surface area contributed by atoms with Gasteiger partial charge in [-0.25, -0.2) is 9.13 Å². The van der Waals surface area contributed by atoms with Gasteiger partial charge in [0.2, 0.25) is 0 Å². The van der Waals surface area contributed by atoms with Gasteiger partial charge in [0.15, 0.2) is 12.2 Å². The highest BCUT2D eigenvalue weighted by Gasteiger charge is 2.30. The van der Waals surface area contributed by atoms with Crippen molar-refractivity contribution < 1.29 is 80.2 Å². The fourth-order valence-electron chi connectivity index (χ4n) is 11.1. The summed E-state index contributed by atoms with van der Waals surface area (Å²) in [6.07, 6.45) is 58.0. The summed E-state index contributed by atoms with van der Waals surface area (Å²) in [5, 5.41) is 10.6. The molecule has 0 spiro atoms. The molecule has 3 unspecified atom stereocenters. The van der Waals surface area contributed by atoms with Gasteiger partial charge in [-0.2, -0.15) is 0 Å². The third kappa shape index (κ3) is 68.5. The Hall–Kier alpha value is -2.46. The summed E-state index contributed by atoms with van der Waals surface area (Å²) in [4.78, 5) is 72.7. The molecule has 0 aliphatic heterocycles. The lowest BCUT2D eigenvalue weighted by atomic mass is 10.00. The van der Waals surface area contributed by atoms with Crippen LogP contribution in [0.4, 0.5) is 0 Å². The first-order valence-electron chi connectivity index (χ1n) is 38.8. The lowest BCUT2D eigenvalue weighted by Gasteiger charge is -2.21. The van der Waals surface area contributed by atoms with Crippen LogP contribution in [0.1, 0.15) is 369 Å². The van der Waals surface area contributed by atoms with Crippen LogP contribution in [0.2, 0.25) is 0 Å². The Morgan fingerprint density at radius 2 is 0.621 bits per heavy atom. The predicted octanol–water partition coefficient (Wildman–Crippen LogP) is 21.9. The molecule has 0 fully saturated rings. The molecule has 0 amide bonds. The number of rotatable bonds is 73. The van der Waals surface area contributed by atoms with E-state index in [1.165, 1.54) is 161 Å². The zero-order valence-corrected chi connectivity index (χ0v) is 63.2. The van der Waals surface area contributed by atoms with Crippen molar-refractivity contribution in [2.75, 3.05) is 39.6 Å². The lowest BCUT2D eigenvalue weighted by molar-refractivity contribution is -0.161. The van der Waals surface area contributed by atoms with Crippen molar-refractivity contribution in [3.05, 3.63) is 24.3 Å². The molecule has 6 atom stereocenters. The fraction of sp³-hybridized carbons (Fsp3) is 0.895. The van der Waals surface area contributed by atoms with E-state index < -0.39 is 97.5 Å². The first-order chi connectivity index (χ1) is 45.9. The van der Waals surface area contributed by atoms with Gasteiger partial charge in [0.05, 0.1) is 26.4 Å². The normalized spacial score (nSPS) is 14.5. The second kappa shape index (κ2) is 67.4. The molecule has 17 nitrogen and oxygen atoms in total. The van der Waals surface area contributed by atoms with Gasteiger partial charge in [-0.1, -0.05) is 316 Å². The van der Waals surface area contributed by atoms with E-state index in [1.54, 1.807) is 0 Å². The number of esters is 4. The van der Waals surface area contributed by atoms with Crippen molar-refractivity contribution in [3.63, 3.8) is 0 Å². The highest BCUT2D eigenvalue weighted by molar-refractivity contribution is 7.47. The Bertz CT molecular complexity index is 1930. The van der Waals surface area contributed by atoms with E-state index >= 15 is 0 Å². The topological polar surface area (TPSA) is 237 Å². The molecule has 0 rings (SSSR count). The van der Waals surface area contributed by atoms with Gasteiger partial charge in [-0.15, -0.1) is 0 Å². The molecule has 0 saturated carbocycles. The maximum absolute atomic E-state index is 13.1. The van der Waals surface area contributed by atoms with Crippen molar-refractivity contribution >= 4 is 39.5 Å². The second-order valence-corrected chi connectivity index (χ2v) is 30.3. The number of hydrogen-bond acceptors (Lipinski definition) is 15. The van der Waals surface area contributed by atoms with Gasteiger partial charge < -0.3 is 33.8 Å². The molecule has 0 aromatic carbocycles. The van der Waals surface area contributed by atoms with E-state index in [0.29, 0.717) is 31.6 Å². The number of allylic oxidation sites excluding steroid dienone is 4. The van der Waals surface area contributed by atoms with Gasteiger partial charge in [-0.05, 0) is 63.2 Å². The predicted molar refractivity (Wildman–Crippen MR) is 386 cm³/mol. The number of hydrogen-bond donors (Lipinski definition) is 3. The number of phosphoric ester groups is 2. The zero-order chi connectivity index (χ0) is 70.0. The number of carbonyl (C=O) groups excluding carboxylic acids is 4. The molecule has 3 N–H and O–H groups in total. The van der Waals surface area contributed by atoms with Gasteiger partial charge in [0.25, 0.3) is 0 Å². The van der Waals surface area contributed by atoms with Crippen LogP contribution < -0.4 is 0 Å². The number of ether oxygens (including phenoxy) is 4. The van der Waals surface area contributed by atoms with Crippen LogP contribution in [-0.2, 0) is 65.4 Å². The SMILES string of the molecule is CCCCCC/C=C\C=C/CCCCCCCC(=O)OC[C@H](COP(=O)(O)OC[C@@H](O)COP(=O)(O)OC[C@@H](COC(=O)CCCCCCCCC(C)CC)OC(=O)CCCCCCCCCC(C)C)OC(=O)CCCCCCCCCCCCCCCCCCCCCC. The molecular formula is C76H144O17P2. The Balaban J connectivity index is 5.24. The van der Waals surface area contributed by atoms with Crippen LogP contribution in [0.3, 0.4) is 0 Å². The van der Waals surface area contributed by atoms with E-state index in [-0.39, 0.29) is 25.7 Å². The number of aliphatic hydroxyl groups is 1. The average molecular weight is 1390 g/mol. The Morgan fingerprint density at radius 3 is 0.947 bits per heavy atom. The monoisotopic (exact) mass is 1390 g/mol. The zero-order valence-electron chi connectivity index (χ0n) is 61.5. The molecule has 560 valence electrons. The summed E-state index contributed by atoms with van der Waals surface area (Å²) >= 11 is 0. The van der Waals surface area contributed by atoms with E-state index in [9.17, 15) is 43.2 Å².